The number of rotatable bonds is 3. The van der Waals surface area contributed by atoms with Gasteiger partial charge in [0.25, 0.3) is 5.69 Å². The first-order valence-electron chi connectivity index (χ1n) is 4.01. The minimum absolute atomic E-state index is 0.0726. The number of nitro groups is 1. The van der Waals surface area contributed by atoms with Crippen molar-refractivity contribution in [2.45, 2.75) is 19.4 Å². The summed E-state index contributed by atoms with van der Waals surface area (Å²) in [6.45, 7) is 1.61. The molecular formula is C9H11NO3. The second-order valence-corrected chi connectivity index (χ2v) is 2.94. The lowest BCUT2D eigenvalue weighted by Gasteiger charge is -2.04. The molecule has 0 saturated carbocycles. The lowest BCUT2D eigenvalue weighted by atomic mass is 10.1. The highest BCUT2D eigenvalue weighted by Gasteiger charge is 2.13. The number of aliphatic hydroxyl groups is 1. The Bertz CT molecular complexity index is 309. The van der Waals surface area contributed by atoms with Gasteiger partial charge in [0.1, 0.15) is 0 Å². The van der Waals surface area contributed by atoms with Crippen LogP contribution in [0, 0.1) is 10.1 Å². The zero-order valence-corrected chi connectivity index (χ0v) is 7.30. The second kappa shape index (κ2) is 4.00. The zero-order chi connectivity index (χ0) is 9.84. The van der Waals surface area contributed by atoms with E-state index in [1.165, 1.54) is 6.07 Å². The summed E-state index contributed by atoms with van der Waals surface area (Å²) in [6, 6.07) is 6.44. The van der Waals surface area contributed by atoms with Gasteiger partial charge in [0, 0.05) is 18.1 Å². The third kappa shape index (κ3) is 2.52. The maximum Gasteiger partial charge on any atom is 0.272 e. The van der Waals surface area contributed by atoms with Crippen LogP contribution in [0.4, 0.5) is 5.69 Å². The molecule has 1 rings (SSSR count). The molecule has 0 heterocycles. The van der Waals surface area contributed by atoms with Crippen LogP contribution in [0.15, 0.2) is 24.3 Å². The van der Waals surface area contributed by atoms with Gasteiger partial charge in [0.15, 0.2) is 0 Å². The van der Waals surface area contributed by atoms with Crippen molar-refractivity contribution in [1.82, 2.24) is 0 Å². The van der Waals surface area contributed by atoms with E-state index in [0.717, 1.165) is 0 Å². The molecule has 0 aliphatic carbocycles. The first-order chi connectivity index (χ1) is 6.11. The van der Waals surface area contributed by atoms with E-state index in [1.54, 1.807) is 25.1 Å². The SMILES string of the molecule is C[C@@H](O)Cc1ccccc1[N+](=O)[O-]. The molecule has 0 bridgehead atoms. The van der Waals surface area contributed by atoms with Crippen molar-refractivity contribution in [3.8, 4) is 0 Å². The first-order valence-corrected chi connectivity index (χ1v) is 4.01. The lowest BCUT2D eigenvalue weighted by Crippen LogP contribution is -2.06. The predicted octanol–water partition coefficient (Wildman–Crippen LogP) is 1.52. The molecule has 1 aromatic rings. The summed E-state index contributed by atoms with van der Waals surface area (Å²) in [5.41, 5.74) is 0.644. The molecule has 13 heavy (non-hydrogen) atoms. The van der Waals surface area contributed by atoms with E-state index in [1.807, 2.05) is 0 Å². The van der Waals surface area contributed by atoms with Crippen LogP contribution < -0.4 is 0 Å². The van der Waals surface area contributed by atoms with Crippen molar-refractivity contribution in [2.24, 2.45) is 0 Å². The molecule has 1 N–H and O–H groups in total. The highest BCUT2D eigenvalue weighted by atomic mass is 16.6. The van der Waals surface area contributed by atoms with E-state index in [2.05, 4.69) is 0 Å². The summed E-state index contributed by atoms with van der Waals surface area (Å²) in [5.74, 6) is 0. The van der Waals surface area contributed by atoms with Gasteiger partial charge in [-0.2, -0.15) is 0 Å². The van der Waals surface area contributed by atoms with E-state index >= 15 is 0 Å². The molecule has 1 atom stereocenters. The van der Waals surface area contributed by atoms with Gasteiger partial charge in [0.05, 0.1) is 11.0 Å². The van der Waals surface area contributed by atoms with Crippen LogP contribution in [0.25, 0.3) is 0 Å². The molecule has 70 valence electrons. The normalized spacial score (nSPS) is 12.5. The van der Waals surface area contributed by atoms with Crippen LogP contribution in [-0.2, 0) is 6.42 Å². The summed E-state index contributed by atoms with van der Waals surface area (Å²) < 4.78 is 0. The van der Waals surface area contributed by atoms with E-state index in [-0.39, 0.29) is 5.69 Å². The van der Waals surface area contributed by atoms with E-state index in [9.17, 15) is 10.1 Å². The number of hydrogen-bond acceptors (Lipinski definition) is 3. The fraction of sp³-hybridized carbons (Fsp3) is 0.333. The van der Waals surface area contributed by atoms with Crippen molar-refractivity contribution in [1.29, 1.82) is 0 Å². The monoisotopic (exact) mass is 181 g/mol. The molecule has 0 saturated heterocycles. The molecule has 0 radical (unpaired) electrons. The van der Waals surface area contributed by atoms with E-state index in [0.29, 0.717) is 12.0 Å². The molecular weight excluding hydrogens is 170 g/mol. The molecule has 1 aromatic carbocycles. The highest BCUT2D eigenvalue weighted by Crippen LogP contribution is 2.18. The average molecular weight is 181 g/mol. The third-order valence-corrected chi connectivity index (χ3v) is 1.70. The standard InChI is InChI=1S/C9H11NO3/c1-7(11)6-8-4-2-3-5-9(8)10(12)13/h2-5,7,11H,6H2,1H3/t7-/m1/s1. The quantitative estimate of drug-likeness (QED) is 0.568. The van der Waals surface area contributed by atoms with Gasteiger partial charge in [-0.15, -0.1) is 0 Å². The maximum atomic E-state index is 10.5. The van der Waals surface area contributed by atoms with Crippen LogP contribution in [-0.4, -0.2) is 16.1 Å². The Hall–Kier alpha value is -1.42. The third-order valence-electron chi connectivity index (χ3n) is 1.70. The van der Waals surface area contributed by atoms with Crippen LogP contribution in [0.5, 0.6) is 0 Å². The van der Waals surface area contributed by atoms with Crippen LogP contribution in [0.1, 0.15) is 12.5 Å². The molecule has 4 nitrogen and oxygen atoms in total. The summed E-state index contributed by atoms with van der Waals surface area (Å²) in [7, 11) is 0. The molecule has 0 aromatic heterocycles. The molecule has 0 amide bonds. The fourth-order valence-corrected chi connectivity index (χ4v) is 1.18. The molecule has 4 heteroatoms. The average Bonchev–Trinajstić information content (AvgIpc) is 2.03. The molecule has 0 spiro atoms. The van der Waals surface area contributed by atoms with Crippen molar-refractivity contribution in [2.75, 3.05) is 0 Å². The summed E-state index contributed by atoms with van der Waals surface area (Å²) >= 11 is 0. The number of nitro benzene ring substituents is 1. The van der Waals surface area contributed by atoms with Crippen molar-refractivity contribution in [3.63, 3.8) is 0 Å². The van der Waals surface area contributed by atoms with Gasteiger partial charge < -0.3 is 5.11 Å². The fourth-order valence-electron chi connectivity index (χ4n) is 1.18. The van der Waals surface area contributed by atoms with Crippen molar-refractivity contribution >= 4 is 5.69 Å². The Labute approximate surface area is 76.0 Å². The topological polar surface area (TPSA) is 63.4 Å². The predicted molar refractivity (Wildman–Crippen MR) is 48.5 cm³/mol. The number of hydrogen-bond donors (Lipinski definition) is 1. The Balaban J connectivity index is 2.98. The Morgan fingerprint density at radius 2 is 2.15 bits per heavy atom. The van der Waals surface area contributed by atoms with Gasteiger partial charge >= 0.3 is 0 Å². The highest BCUT2D eigenvalue weighted by molar-refractivity contribution is 5.40. The number of benzene rings is 1. The van der Waals surface area contributed by atoms with Gasteiger partial charge in [-0.1, -0.05) is 18.2 Å². The summed E-state index contributed by atoms with van der Waals surface area (Å²) in [5, 5.41) is 19.6. The van der Waals surface area contributed by atoms with Crippen molar-refractivity contribution < 1.29 is 10.0 Å². The Morgan fingerprint density at radius 1 is 1.54 bits per heavy atom. The first kappa shape index (κ1) is 9.67. The summed E-state index contributed by atoms with van der Waals surface area (Å²) in [4.78, 5) is 10.1. The van der Waals surface area contributed by atoms with Gasteiger partial charge in [-0.25, -0.2) is 0 Å². The number of para-hydroxylation sites is 1. The van der Waals surface area contributed by atoms with E-state index in [4.69, 9.17) is 5.11 Å². The summed E-state index contributed by atoms with van der Waals surface area (Å²) in [6.07, 6.45) is -0.238. The van der Waals surface area contributed by atoms with Gasteiger partial charge in [-0.05, 0) is 6.92 Å². The number of aliphatic hydroxyl groups excluding tert-OH is 1. The van der Waals surface area contributed by atoms with Crippen LogP contribution in [0.2, 0.25) is 0 Å². The maximum absolute atomic E-state index is 10.5. The lowest BCUT2D eigenvalue weighted by molar-refractivity contribution is -0.385. The molecule has 0 fully saturated rings. The Kier molecular flexibility index (Phi) is 2.97. The molecule has 0 unspecified atom stereocenters. The van der Waals surface area contributed by atoms with Crippen molar-refractivity contribution in [3.05, 3.63) is 39.9 Å². The molecule has 0 aliphatic rings. The second-order valence-electron chi connectivity index (χ2n) is 2.94. The zero-order valence-electron chi connectivity index (χ0n) is 7.30. The smallest absolute Gasteiger partial charge is 0.272 e. The Morgan fingerprint density at radius 3 is 2.69 bits per heavy atom. The van der Waals surface area contributed by atoms with E-state index < -0.39 is 11.0 Å². The van der Waals surface area contributed by atoms with Crippen LogP contribution >= 0.6 is 0 Å². The minimum Gasteiger partial charge on any atom is -0.393 e. The van der Waals surface area contributed by atoms with Gasteiger partial charge in [-0.3, -0.25) is 10.1 Å². The van der Waals surface area contributed by atoms with Gasteiger partial charge in [0.2, 0.25) is 0 Å². The minimum atomic E-state index is -0.555. The molecule has 0 aliphatic heterocycles. The van der Waals surface area contributed by atoms with Crippen LogP contribution in [0.3, 0.4) is 0 Å². The largest absolute Gasteiger partial charge is 0.393 e. The number of nitrogens with zero attached hydrogens (tertiary/aromatic N) is 1.